The van der Waals surface area contributed by atoms with Crippen molar-refractivity contribution in [2.24, 2.45) is 5.92 Å². The van der Waals surface area contributed by atoms with Gasteiger partial charge < -0.3 is 4.90 Å². The number of hydrogen-bond acceptors (Lipinski definition) is 4. The van der Waals surface area contributed by atoms with Gasteiger partial charge >= 0.3 is 0 Å². The van der Waals surface area contributed by atoms with Crippen LogP contribution in [-0.4, -0.2) is 39.2 Å². The summed E-state index contributed by atoms with van der Waals surface area (Å²) in [5.41, 5.74) is 0.954. The van der Waals surface area contributed by atoms with Crippen molar-refractivity contribution >= 4 is 35.0 Å². The number of carbonyl (C=O) groups is 1. The average Bonchev–Trinajstić information content (AvgIpc) is 2.90. The standard InChI is InChI=1S/C15H18ClFN4OS/c1-4-20(15(22)10(2)9-23-3)13-8-21(19-14(13)16)12-5-11(17)6-18-7-12/h5-8,10H,4,9H2,1-3H3. The SMILES string of the molecule is CCN(C(=O)C(C)CSC)c1cn(-c2cncc(F)c2)nc1Cl. The highest BCUT2D eigenvalue weighted by Crippen LogP contribution is 2.27. The van der Waals surface area contributed by atoms with Crippen LogP contribution < -0.4 is 4.90 Å². The predicted molar refractivity (Wildman–Crippen MR) is 91.9 cm³/mol. The molecule has 2 rings (SSSR count). The molecule has 2 aromatic rings. The molecule has 0 aliphatic rings. The maximum absolute atomic E-state index is 13.3. The van der Waals surface area contributed by atoms with E-state index in [9.17, 15) is 9.18 Å². The molecule has 1 amide bonds. The third-order valence-corrected chi connectivity index (χ3v) is 4.42. The maximum atomic E-state index is 13.3. The van der Waals surface area contributed by atoms with E-state index in [2.05, 4.69) is 10.1 Å². The fourth-order valence-electron chi connectivity index (χ4n) is 2.22. The fourth-order valence-corrected chi connectivity index (χ4v) is 3.09. The summed E-state index contributed by atoms with van der Waals surface area (Å²) in [6.07, 6.45) is 6.17. The third-order valence-electron chi connectivity index (χ3n) is 3.32. The lowest BCUT2D eigenvalue weighted by molar-refractivity contribution is -0.121. The number of halogens is 2. The van der Waals surface area contributed by atoms with Crippen molar-refractivity contribution in [3.63, 3.8) is 0 Å². The minimum absolute atomic E-state index is 0.0133. The molecule has 0 radical (unpaired) electrons. The largest absolute Gasteiger partial charge is 0.308 e. The number of anilines is 1. The Bertz CT molecular complexity index is 694. The molecule has 0 N–H and O–H groups in total. The molecule has 2 aromatic heterocycles. The van der Waals surface area contributed by atoms with E-state index in [1.54, 1.807) is 22.9 Å². The molecular formula is C15H18ClFN4OS. The lowest BCUT2D eigenvalue weighted by Gasteiger charge is -2.23. The summed E-state index contributed by atoms with van der Waals surface area (Å²) in [7, 11) is 0. The van der Waals surface area contributed by atoms with Gasteiger partial charge in [-0.25, -0.2) is 9.07 Å². The van der Waals surface area contributed by atoms with Gasteiger partial charge in [0.2, 0.25) is 5.91 Å². The zero-order valence-electron chi connectivity index (χ0n) is 13.2. The van der Waals surface area contributed by atoms with Gasteiger partial charge in [0.25, 0.3) is 0 Å². The Morgan fingerprint density at radius 1 is 1.52 bits per heavy atom. The van der Waals surface area contributed by atoms with Crippen LogP contribution in [0.2, 0.25) is 5.15 Å². The van der Waals surface area contributed by atoms with Gasteiger partial charge in [-0.05, 0) is 13.2 Å². The van der Waals surface area contributed by atoms with Crippen LogP contribution >= 0.6 is 23.4 Å². The number of hydrogen-bond donors (Lipinski definition) is 0. The minimum Gasteiger partial charge on any atom is -0.308 e. The first-order valence-electron chi connectivity index (χ1n) is 7.14. The summed E-state index contributed by atoms with van der Waals surface area (Å²) >= 11 is 7.81. The Balaban J connectivity index is 2.33. The second kappa shape index (κ2) is 7.79. The average molecular weight is 357 g/mol. The maximum Gasteiger partial charge on any atom is 0.230 e. The van der Waals surface area contributed by atoms with Gasteiger partial charge in [0.1, 0.15) is 11.5 Å². The van der Waals surface area contributed by atoms with Crippen molar-refractivity contribution in [1.29, 1.82) is 0 Å². The zero-order valence-corrected chi connectivity index (χ0v) is 14.7. The lowest BCUT2D eigenvalue weighted by atomic mass is 10.2. The molecule has 23 heavy (non-hydrogen) atoms. The first-order valence-corrected chi connectivity index (χ1v) is 8.91. The molecule has 1 unspecified atom stereocenters. The summed E-state index contributed by atoms with van der Waals surface area (Å²) in [6.45, 7) is 4.24. The minimum atomic E-state index is -0.465. The molecule has 0 bridgehead atoms. The van der Waals surface area contributed by atoms with Gasteiger partial charge in [-0.15, -0.1) is 0 Å². The van der Waals surface area contributed by atoms with Gasteiger partial charge in [-0.2, -0.15) is 16.9 Å². The molecule has 2 heterocycles. The highest BCUT2D eigenvalue weighted by atomic mass is 35.5. The summed E-state index contributed by atoms with van der Waals surface area (Å²) in [5.74, 6) is 0.128. The lowest BCUT2D eigenvalue weighted by Crippen LogP contribution is -2.36. The summed E-state index contributed by atoms with van der Waals surface area (Å²) < 4.78 is 14.7. The zero-order chi connectivity index (χ0) is 17.0. The first-order chi connectivity index (χ1) is 11.0. The Labute approximate surface area is 143 Å². The number of carbonyl (C=O) groups excluding carboxylic acids is 1. The molecule has 124 valence electrons. The van der Waals surface area contributed by atoms with E-state index in [-0.39, 0.29) is 17.0 Å². The Hall–Kier alpha value is -1.60. The Morgan fingerprint density at radius 2 is 2.26 bits per heavy atom. The number of nitrogens with zero attached hydrogens (tertiary/aromatic N) is 4. The van der Waals surface area contributed by atoms with E-state index in [1.807, 2.05) is 20.1 Å². The van der Waals surface area contributed by atoms with Crippen LogP contribution in [0.15, 0.2) is 24.7 Å². The number of amides is 1. The van der Waals surface area contributed by atoms with E-state index in [1.165, 1.54) is 16.9 Å². The molecule has 0 aliphatic carbocycles. The predicted octanol–water partition coefficient (Wildman–Crippen LogP) is 3.41. The van der Waals surface area contributed by atoms with Crippen molar-refractivity contribution in [3.8, 4) is 5.69 Å². The van der Waals surface area contributed by atoms with Gasteiger partial charge in [-0.3, -0.25) is 9.78 Å². The van der Waals surface area contributed by atoms with Crippen molar-refractivity contribution in [3.05, 3.63) is 35.6 Å². The monoisotopic (exact) mass is 356 g/mol. The van der Waals surface area contributed by atoms with Crippen molar-refractivity contribution in [1.82, 2.24) is 14.8 Å². The Kier molecular flexibility index (Phi) is 6.01. The molecular weight excluding hydrogens is 339 g/mol. The summed E-state index contributed by atoms with van der Waals surface area (Å²) in [4.78, 5) is 17.9. The fraction of sp³-hybridized carbons (Fsp3) is 0.400. The van der Waals surface area contributed by atoms with Crippen molar-refractivity contribution in [2.45, 2.75) is 13.8 Å². The molecule has 5 nitrogen and oxygen atoms in total. The van der Waals surface area contributed by atoms with Gasteiger partial charge in [0, 0.05) is 24.3 Å². The van der Waals surface area contributed by atoms with Gasteiger partial charge in [0.15, 0.2) is 5.15 Å². The van der Waals surface area contributed by atoms with Crippen LogP contribution in [0.1, 0.15) is 13.8 Å². The van der Waals surface area contributed by atoms with Gasteiger partial charge in [-0.1, -0.05) is 18.5 Å². The van der Waals surface area contributed by atoms with E-state index >= 15 is 0 Å². The van der Waals surface area contributed by atoms with Crippen LogP contribution in [0, 0.1) is 11.7 Å². The Morgan fingerprint density at radius 3 is 2.87 bits per heavy atom. The molecule has 0 fully saturated rings. The van der Waals surface area contributed by atoms with Crippen LogP contribution in [-0.2, 0) is 4.79 Å². The quantitative estimate of drug-likeness (QED) is 0.795. The molecule has 0 saturated carbocycles. The topological polar surface area (TPSA) is 51.0 Å². The van der Waals surface area contributed by atoms with Gasteiger partial charge in [0.05, 0.1) is 24.3 Å². The number of thioether (sulfide) groups is 1. The molecule has 8 heteroatoms. The van der Waals surface area contributed by atoms with Crippen molar-refractivity contribution < 1.29 is 9.18 Å². The number of rotatable bonds is 6. The summed E-state index contributed by atoms with van der Waals surface area (Å²) in [6, 6.07) is 1.30. The van der Waals surface area contributed by atoms with Crippen LogP contribution in [0.4, 0.5) is 10.1 Å². The summed E-state index contributed by atoms with van der Waals surface area (Å²) in [5, 5.41) is 4.35. The second-order valence-electron chi connectivity index (χ2n) is 5.05. The molecule has 0 saturated heterocycles. The molecule has 0 aromatic carbocycles. The molecule has 0 aliphatic heterocycles. The van der Waals surface area contributed by atoms with E-state index in [0.717, 1.165) is 11.9 Å². The normalized spacial score (nSPS) is 12.2. The highest BCUT2D eigenvalue weighted by molar-refractivity contribution is 7.98. The van der Waals surface area contributed by atoms with E-state index in [4.69, 9.17) is 11.6 Å². The van der Waals surface area contributed by atoms with E-state index < -0.39 is 5.82 Å². The highest BCUT2D eigenvalue weighted by Gasteiger charge is 2.24. The number of aromatic nitrogens is 3. The van der Waals surface area contributed by atoms with Crippen LogP contribution in [0.5, 0.6) is 0 Å². The van der Waals surface area contributed by atoms with E-state index in [0.29, 0.717) is 17.9 Å². The van der Waals surface area contributed by atoms with Crippen LogP contribution in [0.3, 0.4) is 0 Å². The second-order valence-corrected chi connectivity index (χ2v) is 6.32. The van der Waals surface area contributed by atoms with Crippen molar-refractivity contribution in [2.75, 3.05) is 23.5 Å². The number of pyridine rings is 1. The van der Waals surface area contributed by atoms with Crippen LogP contribution in [0.25, 0.3) is 5.69 Å². The first kappa shape index (κ1) is 17.7. The third kappa shape index (κ3) is 4.03. The molecule has 0 spiro atoms. The molecule has 1 atom stereocenters. The smallest absolute Gasteiger partial charge is 0.230 e.